The zero-order valence-electron chi connectivity index (χ0n) is 12.4. The first-order valence-electron chi connectivity index (χ1n) is 6.35. The molecule has 1 rings (SSSR count). The van der Waals surface area contributed by atoms with Crippen LogP contribution in [0.15, 0.2) is 12.1 Å². The summed E-state index contributed by atoms with van der Waals surface area (Å²) in [5.74, 6) is 2.37. The van der Waals surface area contributed by atoms with Gasteiger partial charge in [-0.05, 0) is 29.5 Å². The van der Waals surface area contributed by atoms with Gasteiger partial charge in [0.1, 0.15) is 0 Å². The monoisotopic (exact) mass is 286 g/mol. The third-order valence-electron chi connectivity index (χ3n) is 2.77. The third-order valence-corrected chi connectivity index (χ3v) is 3.08. The van der Waals surface area contributed by atoms with Gasteiger partial charge in [-0.2, -0.15) is 0 Å². The van der Waals surface area contributed by atoms with Crippen molar-refractivity contribution in [3.8, 4) is 17.2 Å². The van der Waals surface area contributed by atoms with E-state index in [-0.39, 0.29) is 5.41 Å². The van der Waals surface area contributed by atoms with Gasteiger partial charge < -0.3 is 14.2 Å². The van der Waals surface area contributed by atoms with Gasteiger partial charge in [0.25, 0.3) is 0 Å². The Kier molecular flexibility index (Phi) is 5.80. The summed E-state index contributed by atoms with van der Waals surface area (Å²) >= 11 is 5.85. The number of benzene rings is 1. The van der Waals surface area contributed by atoms with Crippen LogP contribution in [0.2, 0.25) is 0 Å². The van der Waals surface area contributed by atoms with Crippen molar-refractivity contribution < 1.29 is 14.2 Å². The normalized spacial score (nSPS) is 11.3. The average Bonchev–Trinajstić information content (AvgIpc) is 2.37. The minimum atomic E-state index is 0.233. The lowest BCUT2D eigenvalue weighted by atomic mass is 9.93. The molecular formula is C15H23ClO3. The molecule has 0 atom stereocenters. The highest BCUT2D eigenvalue weighted by Crippen LogP contribution is 2.39. The van der Waals surface area contributed by atoms with E-state index < -0.39 is 0 Å². The Morgan fingerprint density at radius 3 is 1.95 bits per heavy atom. The first kappa shape index (κ1) is 16.0. The second-order valence-corrected chi connectivity index (χ2v) is 5.89. The molecule has 0 saturated carbocycles. The molecule has 0 amide bonds. The number of alkyl halides is 1. The number of hydrogen-bond acceptors (Lipinski definition) is 3. The van der Waals surface area contributed by atoms with Crippen LogP contribution in [-0.2, 0) is 5.88 Å². The Balaban J connectivity index is 2.91. The summed E-state index contributed by atoms with van der Waals surface area (Å²) in [6.07, 6.45) is 0.955. The zero-order valence-corrected chi connectivity index (χ0v) is 13.1. The number of methoxy groups -OCH3 is 2. The maximum atomic E-state index is 5.85. The van der Waals surface area contributed by atoms with Crippen molar-refractivity contribution in [1.29, 1.82) is 0 Å². The molecule has 0 unspecified atom stereocenters. The van der Waals surface area contributed by atoms with E-state index in [9.17, 15) is 0 Å². The molecule has 0 heterocycles. The fourth-order valence-corrected chi connectivity index (χ4v) is 1.77. The van der Waals surface area contributed by atoms with E-state index in [0.29, 0.717) is 29.7 Å². The highest BCUT2D eigenvalue weighted by atomic mass is 35.5. The van der Waals surface area contributed by atoms with Crippen LogP contribution in [0.25, 0.3) is 0 Å². The molecule has 0 N–H and O–H groups in total. The van der Waals surface area contributed by atoms with Gasteiger partial charge in [0.2, 0.25) is 5.75 Å². The SMILES string of the molecule is COc1cc(CCl)cc(OC)c1OCCC(C)(C)C. The first-order chi connectivity index (χ1) is 8.91. The molecule has 0 aliphatic rings. The highest BCUT2D eigenvalue weighted by Gasteiger charge is 2.16. The van der Waals surface area contributed by atoms with Crippen molar-refractivity contribution in [3.05, 3.63) is 17.7 Å². The lowest BCUT2D eigenvalue weighted by Crippen LogP contribution is -2.12. The van der Waals surface area contributed by atoms with Crippen LogP contribution in [0.1, 0.15) is 32.8 Å². The van der Waals surface area contributed by atoms with Crippen molar-refractivity contribution >= 4 is 11.6 Å². The molecular weight excluding hydrogens is 264 g/mol. The largest absolute Gasteiger partial charge is 0.493 e. The van der Waals surface area contributed by atoms with Crippen LogP contribution in [0, 0.1) is 5.41 Å². The molecule has 0 saturated heterocycles. The van der Waals surface area contributed by atoms with Gasteiger partial charge in [0.15, 0.2) is 11.5 Å². The van der Waals surface area contributed by atoms with Crippen LogP contribution in [0.3, 0.4) is 0 Å². The summed E-state index contributed by atoms with van der Waals surface area (Å²) < 4.78 is 16.5. The number of ether oxygens (including phenoxy) is 3. The molecule has 0 aliphatic carbocycles. The summed E-state index contributed by atoms with van der Waals surface area (Å²) in [7, 11) is 3.23. The second-order valence-electron chi connectivity index (χ2n) is 5.62. The van der Waals surface area contributed by atoms with Crippen molar-refractivity contribution in [3.63, 3.8) is 0 Å². The quantitative estimate of drug-likeness (QED) is 0.732. The summed E-state index contributed by atoms with van der Waals surface area (Å²) in [6, 6.07) is 3.75. The molecule has 19 heavy (non-hydrogen) atoms. The standard InChI is InChI=1S/C15H23ClO3/c1-15(2,3)6-7-19-14-12(17-4)8-11(10-16)9-13(14)18-5/h8-9H,6-7,10H2,1-5H3. The number of halogens is 1. The van der Waals surface area contributed by atoms with Crippen molar-refractivity contribution in [2.45, 2.75) is 33.1 Å². The predicted molar refractivity (Wildman–Crippen MR) is 78.7 cm³/mol. The van der Waals surface area contributed by atoms with Gasteiger partial charge in [0, 0.05) is 5.88 Å². The maximum absolute atomic E-state index is 5.85. The summed E-state index contributed by atoms with van der Waals surface area (Å²) in [4.78, 5) is 0. The Morgan fingerprint density at radius 1 is 1.05 bits per heavy atom. The van der Waals surface area contributed by atoms with Crippen molar-refractivity contribution in [2.24, 2.45) is 5.41 Å². The summed E-state index contributed by atoms with van der Waals surface area (Å²) in [5, 5.41) is 0. The molecule has 0 fully saturated rings. The first-order valence-corrected chi connectivity index (χ1v) is 6.88. The van der Waals surface area contributed by atoms with Crippen LogP contribution in [-0.4, -0.2) is 20.8 Å². The van der Waals surface area contributed by atoms with E-state index in [1.807, 2.05) is 12.1 Å². The molecule has 0 radical (unpaired) electrons. The van der Waals surface area contributed by atoms with E-state index in [2.05, 4.69) is 20.8 Å². The molecule has 0 bridgehead atoms. The van der Waals surface area contributed by atoms with Crippen LogP contribution < -0.4 is 14.2 Å². The van der Waals surface area contributed by atoms with Crippen LogP contribution >= 0.6 is 11.6 Å². The van der Waals surface area contributed by atoms with Gasteiger partial charge in [-0.25, -0.2) is 0 Å². The van der Waals surface area contributed by atoms with Gasteiger partial charge >= 0.3 is 0 Å². The van der Waals surface area contributed by atoms with E-state index >= 15 is 0 Å². The van der Waals surface area contributed by atoms with Crippen LogP contribution in [0.5, 0.6) is 17.2 Å². The average molecular weight is 287 g/mol. The van der Waals surface area contributed by atoms with Gasteiger partial charge in [0.05, 0.1) is 20.8 Å². The lowest BCUT2D eigenvalue weighted by Gasteiger charge is -2.20. The van der Waals surface area contributed by atoms with Crippen LogP contribution in [0.4, 0.5) is 0 Å². The summed E-state index contributed by atoms with van der Waals surface area (Å²) in [5.41, 5.74) is 1.18. The molecule has 0 aromatic heterocycles. The fourth-order valence-electron chi connectivity index (χ4n) is 1.61. The molecule has 4 heteroatoms. The molecule has 108 valence electrons. The van der Waals surface area contributed by atoms with Crippen molar-refractivity contribution in [2.75, 3.05) is 20.8 Å². The van der Waals surface area contributed by atoms with E-state index in [4.69, 9.17) is 25.8 Å². The van der Waals surface area contributed by atoms with E-state index in [1.54, 1.807) is 14.2 Å². The number of rotatable bonds is 6. The Morgan fingerprint density at radius 2 is 1.58 bits per heavy atom. The molecule has 1 aromatic rings. The summed E-state index contributed by atoms with van der Waals surface area (Å²) in [6.45, 7) is 7.17. The number of hydrogen-bond donors (Lipinski definition) is 0. The van der Waals surface area contributed by atoms with E-state index in [1.165, 1.54) is 0 Å². The minimum absolute atomic E-state index is 0.233. The predicted octanol–water partition coefficient (Wildman–Crippen LogP) is 4.26. The van der Waals surface area contributed by atoms with Gasteiger partial charge in [-0.15, -0.1) is 11.6 Å². The molecule has 3 nitrogen and oxygen atoms in total. The maximum Gasteiger partial charge on any atom is 0.203 e. The topological polar surface area (TPSA) is 27.7 Å². The smallest absolute Gasteiger partial charge is 0.203 e. The van der Waals surface area contributed by atoms with Gasteiger partial charge in [-0.3, -0.25) is 0 Å². The van der Waals surface area contributed by atoms with Crippen molar-refractivity contribution in [1.82, 2.24) is 0 Å². The fraction of sp³-hybridized carbons (Fsp3) is 0.600. The highest BCUT2D eigenvalue weighted by molar-refractivity contribution is 6.17. The Labute approximate surface area is 120 Å². The minimum Gasteiger partial charge on any atom is -0.493 e. The Hall–Kier alpha value is -1.09. The zero-order chi connectivity index (χ0) is 14.5. The van der Waals surface area contributed by atoms with Gasteiger partial charge in [-0.1, -0.05) is 20.8 Å². The lowest BCUT2D eigenvalue weighted by molar-refractivity contribution is 0.225. The van der Waals surface area contributed by atoms with E-state index in [0.717, 1.165) is 12.0 Å². The molecule has 0 aliphatic heterocycles. The molecule has 1 aromatic carbocycles. The second kappa shape index (κ2) is 6.90. The third kappa shape index (κ3) is 4.83. The Bertz CT molecular complexity index is 385. The molecule has 0 spiro atoms.